The van der Waals surface area contributed by atoms with Gasteiger partial charge in [-0.05, 0) is 55.9 Å². The first-order chi connectivity index (χ1) is 11.1. The summed E-state index contributed by atoms with van der Waals surface area (Å²) in [6, 6.07) is 8.11. The lowest BCUT2D eigenvalue weighted by molar-refractivity contribution is -0.130. The first-order valence-electron chi connectivity index (χ1n) is 8.77. The highest BCUT2D eigenvalue weighted by molar-refractivity contribution is 5.96. The second-order valence-electron chi connectivity index (χ2n) is 6.82. The molecule has 1 amide bonds. The standard InChI is InChI=1S/C19H26N2O2/c1-15(22)20-12-8-16(9-13-20)14-19(23)17-4-6-18(7-5-17)21-10-2-3-11-21/h4-7,16H,2-3,8-14H2,1H3. The average Bonchev–Trinajstić information content (AvgIpc) is 3.10. The van der Waals surface area contributed by atoms with Gasteiger partial charge in [0.1, 0.15) is 0 Å². The molecule has 23 heavy (non-hydrogen) atoms. The van der Waals surface area contributed by atoms with Gasteiger partial charge < -0.3 is 9.80 Å². The van der Waals surface area contributed by atoms with E-state index in [4.69, 9.17) is 0 Å². The van der Waals surface area contributed by atoms with E-state index in [1.165, 1.54) is 18.5 Å². The molecule has 1 aromatic rings. The van der Waals surface area contributed by atoms with Gasteiger partial charge in [0, 0.05) is 50.8 Å². The van der Waals surface area contributed by atoms with Gasteiger partial charge in [0.15, 0.2) is 5.78 Å². The highest BCUT2D eigenvalue weighted by atomic mass is 16.2. The normalized spacial score (nSPS) is 19.2. The van der Waals surface area contributed by atoms with Crippen LogP contribution in [0.25, 0.3) is 0 Å². The lowest BCUT2D eigenvalue weighted by Crippen LogP contribution is -2.37. The number of carbonyl (C=O) groups is 2. The summed E-state index contributed by atoms with van der Waals surface area (Å²) >= 11 is 0. The van der Waals surface area contributed by atoms with E-state index in [2.05, 4.69) is 17.0 Å². The quantitative estimate of drug-likeness (QED) is 0.802. The molecule has 0 aromatic heterocycles. The Hall–Kier alpha value is -1.84. The Bertz CT molecular complexity index is 553. The van der Waals surface area contributed by atoms with Gasteiger partial charge in [-0.25, -0.2) is 0 Å². The maximum absolute atomic E-state index is 12.5. The second-order valence-corrected chi connectivity index (χ2v) is 6.82. The van der Waals surface area contributed by atoms with E-state index in [0.29, 0.717) is 12.3 Å². The Labute approximate surface area is 138 Å². The summed E-state index contributed by atoms with van der Waals surface area (Å²) < 4.78 is 0. The number of nitrogens with zero attached hydrogens (tertiary/aromatic N) is 2. The molecule has 0 spiro atoms. The van der Waals surface area contributed by atoms with Crippen molar-refractivity contribution in [1.29, 1.82) is 0 Å². The van der Waals surface area contributed by atoms with Gasteiger partial charge in [0.25, 0.3) is 0 Å². The van der Waals surface area contributed by atoms with Crippen molar-refractivity contribution in [3.63, 3.8) is 0 Å². The maximum atomic E-state index is 12.5. The lowest BCUT2D eigenvalue weighted by Gasteiger charge is -2.31. The minimum absolute atomic E-state index is 0.146. The zero-order chi connectivity index (χ0) is 16.2. The molecule has 2 aliphatic heterocycles. The molecular weight excluding hydrogens is 288 g/mol. The van der Waals surface area contributed by atoms with Crippen LogP contribution in [-0.2, 0) is 4.79 Å². The zero-order valence-electron chi connectivity index (χ0n) is 14.0. The number of rotatable bonds is 4. The Balaban J connectivity index is 1.53. The summed E-state index contributed by atoms with van der Waals surface area (Å²) in [6.45, 7) is 5.46. The number of anilines is 1. The van der Waals surface area contributed by atoms with Crippen LogP contribution in [0.5, 0.6) is 0 Å². The van der Waals surface area contributed by atoms with E-state index < -0.39 is 0 Å². The summed E-state index contributed by atoms with van der Waals surface area (Å²) in [6.07, 6.45) is 5.02. The Morgan fingerprint density at radius 3 is 2.17 bits per heavy atom. The van der Waals surface area contributed by atoms with E-state index in [1.807, 2.05) is 17.0 Å². The van der Waals surface area contributed by atoms with Gasteiger partial charge in [0.05, 0.1) is 0 Å². The molecule has 0 atom stereocenters. The molecular formula is C19H26N2O2. The summed E-state index contributed by atoms with van der Waals surface area (Å²) in [4.78, 5) is 28.1. The summed E-state index contributed by atoms with van der Waals surface area (Å²) in [5.74, 6) is 0.794. The first-order valence-corrected chi connectivity index (χ1v) is 8.77. The van der Waals surface area contributed by atoms with Crippen LogP contribution in [0.3, 0.4) is 0 Å². The average molecular weight is 314 g/mol. The number of hydrogen-bond acceptors (Lipinski definition) is 3. The predicted octanol–water partition coefficient (Wildman–Crippen LogP) is 3.12. The number of carbonyl (C=O) groups excluding carboxylic acids is 2. The number of benzene rings is 1. The molecule has 4 nitrogen and oxygen atoms in total. The monoisotopic (exact) mass is 314 g/mol. The molecule has 1 aromatic carbocycles. The maximum Gasteiger partial charge on any atom is 0.219 e. The molecule has 3 rings (SSSR count). The van der Waals surface area contributed by atoms with Crippen LogP contribution in [0.1, 0.15) is 49.4 Å². The fourth-order valence-corrected chi connectivity index (χ4v) is 3.67. The highest BCUT2D eigenvalue weighted by Gasteiger charge is 2.23. The first kappa shape index (κ1) is 16.0. The molecule has 0 radical (unpaired) electrons. The summed E-state index contributed by atoms with van der Waals surface area (Å²) in [7, 11) is 0. The van der Waals surface area contributed by atoms with Crippen molar-refractivity contribution in [3.8, 4) is 0 Å². The van der Waals surface area contributed by atoms with Crippen molar-refractivity contribution in [2.45, 2.75) is 39.0 Å². The number of likely N-dealkylation sites (tertiary alicyclic amines) is 1. The third-order valence-corrected chi connectivity index (χ3v) is 5.19. The van der Waals surface area contributed by atoms with Crippen molar-refractivity contribution in [2.24, 2.45) is 5.92 Å². The van der Waals surface area contributed by atoms with Gasteiger partial charge >= 0.3 is 0 Å². The van der Waals surface area contributed by atoms with E-state index in [0.717, 1.165) is 44.6 Å². The Morgan fingerprint density at radius 2 is 1.61 bits per heavy atom. The van der Waals surface area contributed by atoms with Crippen LogP contribution in [0.4, 0.5) is 5.69 Å². The van der Waals surface area contributed by atoms with Gasteiger partial charge in [-0.15, -0.1) is 0 Å². The van der Waals surface area contributed by atoms with Crippen LogP contribution < -0.4 is 4.90 Å². The molecule has 2 aliphatic rings. The number of Topliss-reactive ketones (excluding diaryl/α,β-unsaturated/α-hetero) is 1. The van der Waals surface area contributed by atoms with Crippen LogP contribution in [-0.4, -0.2) is 42.8 Å². The SMILES string of the molecule is CC(=O)N1CCC(CC(=O)c2ccc(N3CCCC3)cc2)CC1. The molecule has 2 heterocycles. The van der Waals surface area contributed by atoms with Crippen molar-refractivity contribution < 1.29 is 9.59 Å². The number of ketones is 1. The molecule has 0 saturated carbocycles. The third-order valence-electron chi connectivity index (χ3n) is 5.19. The second kappa shape index (κ2) is 7.16. The Morgan fingerprint density at radius 1 is 1.00 bits per heavy atom. The van der Waals surface area contributed by atoms with Gasteiger partial charge in [-0.2, -0.15) is 0 Å². The summed E-state index contributed by atoms with van der Waals surface area (Å²) in [5.41, 5.74) is 2.05. The van der Waals surface area contributed by atoms with E-state index in [1.54, 1.807) is 6.92 Å². The molecule has 4 heteroatoms. The van der Waals surface area contributed by atoms with Crippen LogP contribution in [0, 0.1) is 5.92 Å². The minimum Gasteiger partial charge on any atom is -0.372 e. The van der Waals surface area contributed by atoms with Gasteiger partial charge in [-0.3, -0.25) is 9.59 Å². The van der Waals surface area contributed by atoms with Gasteiger partial charge in [-0.1, -0.05) is 0 Å². The lowest BCUT2D eigenvalue weighted by atomic mass is 9.90. The predicted molar refractivity (Wildman–Crippen MR) is 91.8 cm³/mol. The fourth-order valence-electron chi connectivity index (χ4n) is 3.67. The molecule has 2 saturated heterocycles. The number of hydrogen-bond donors (Lipinski definition) is 0. The molecule has 0 bridgehead atoms. The fraction of sp³-hybridized carbons (Fsp3) is 0.579. The minimum atomic E-state index is 0.146. The molecule has 2 fully saturated rings. The third kappa shape index (κ3) is 3.92. The highest BCUT2D eigenvalue weighted by Crippen LogP contribution is 2.24. The molecule has 0 unspecified atom stereocenters. The van der Waals surface area contributed by atoms with E-state index in [9.17, 15) is 9.59 Å². The van der Waals surface area contributed by atoms with Crippen LogP contribution >= 0.6 is 0 Å². The Kier molecular flexibility index (Phi) is 4.99. The van der Waals surface area contributed by atoms with Crippen molar-refractivity contribution in [1.82, 2.24) is 4.90 Å². The summed E-state index contributed by atoms with van der Waals surface area (Å²) in [5, 5.41) is 0. The molecule has 0 N–H and O–H groups in total. The number of amides is 1. The topological polar surface area (TPSA) is 40.6 Å². The van der Waals surface area contributed by atoms with Crippen LogP contribution in [0.2, 0.25) is 0 Å². The van der Waals surface area contributed by atoms with Gasteiger partial charge in [0.2, 0.25) is 5.91 Å². The van der Waals surface area contributed by atoms with Crippen molar-refractivity contribution in [2.75, 3.05) is 31.1 Å². The number of piperidine rings is 1. The zero-order valence-corrected chi connectivity index (χ0v) is 14.0. The van der Waals surface area contributed by atoms with Crippen molar-refractivity contribution in [3.05, 3.63) is 29.8 Å². The van der Waals surface area contributed by atoms with E-state index in [-0.39, 0.29) is 11.7 Å². The van der Waals surface area contributed by atoms with Crippen molar-refractivity contribution >= 4 is 17.4 Å². The smallest absolute Gasteiger partial charge is 0.219 e. The largest absolute Gasteiger partial charge is 0.372 e. The van der Waals surface area contributed by atoms with E-state index >= 15 is 0 Å². The molecule has 0 aliphatic carbocycles. The molecule has 124 valence electrons. The van der Waals surface area contributed by atoms with Crippen LogP contribution in [0.15, 0.2) is 24.3 Å².